The first-order valence-corrected chi connectivity index (χ1v) is 12.5. The van der Waals surface area contributed by atoms with Gasteiger partial charge in [-0.15, -0.1) is 0 Å². The first-order chi connectivity index (χ1) is 17.5. The SMILES string of the molecule is Cc1noc(C)c1COc1ccc(CC(=O)N2C[C@H](C(=O)N3CCCCC3)Oc3ccccc32)cc1. The van der Waals surface area contributed by atoms with Gasteiger partial charge in [-0.25, -0.2) is 0 Å². The van der Waals surface area contributed by atoms with Crippen LogP contribution in [0.3, 0.4) is 0 Å². The molecule has 0 unspecified atom stereocenters. The molecule has 0 aliphatic carbocycles. The molecule has 1 fully saturated rings. The minimum absolute atomic E-state index is 0.0400. The largest absolute Gasteiger partial charge is 0.489 e. The van der Waals surface area contributed by atoms with Crippen LogP contribution in [-0.4, -0.2) is 47.6 Å². The summed E-state index contributed by atoms with van der Waals surface area (Å²) >= 11 is 0. The Hall–Kier alpha value is -3.81. The highest BCUT2D eigenvalue weighted by Gasteiger charge is 2.36. The van der Waals surface area contributed by atoms with Crippen molar-refractivity contribution in [3.8, 4) is 11.5 Å². The van der Waals surface area contributed by atoms with E-state index in [2.05, 4.69) is 5.16 Å². The second kappa shape index (κ2) is 10.4. The van der Waals surface area contributed by atoms with E-state index in [1.165, 1.54) is 0 Å². The van der Waals surface area contributed by atoms with E-state index in [4.69, 9.17) is 14.0 Å². The molecule has 2 aliphatic heterocycles. The van der Waals surface area contributed by atoms with Crippen molar-refractivity contribution in [3.05, 3.63) is 71.1 Å². The summed E-state index contributed by atoms with van der Waals surface area (Å²) in [5, 5.41) is 3.95. The van der Waals surface area contributed by atoms with Crippen LogP contribution in [0.25, 0.3) is 0 Å². The van der Waals surface area contributed by atoms with E-state index in [1.807, 2.05) is 67.3 Å². The van der Waals surface area contributed by atoms with Crippen molar-refractivity contribution in [3.63, 3.8) is 0 Å². The molecule has 0 saturated carbocycles. The Morgan fingerprint density at radius 1 is 1.03 bits per heavy atom. The molecule has 36 heavy (non-hydrogen) atoms. The quantitative estimate of drug-likeness (QED) is 0.516. The molecule has 0 radical (unpaired) electrons. The number of para-hydroxylation sites is 2. The lowest BCUT2D eigenvalue weighted by atomic mass is 10.1. The van der Waals surface area contributed by atoms with Crippen molar-refractivity contribution in [1.29, 1.82) is 0 Å². The number of aryl methyl sites for hydroxylation is 2. The van der Waals surface area contributed by atoms with E-state index in [0.717, 1.165) is 54.9 Å². The second-order valence-electron chi connectivity index (χ2n) is 9.38. The Morgan fingerprint density at radius 3 is 2.50 bits per heavy atom. The molecule has 5 rings (SSSR count). The number of anilines is 1. The molecule has 8 nitrogen and oxygen atoms in total. The third-order valence-corrected chi connectivity index (χ3v) is 6.86. The predicted molar refractivity (Wildman–Crippen MR) is 134 cm³/mol. The number of rotatable bonds is 6. The zero-order valence-corrected chi connectivity index (χ0v) is 20.7. The van der Waals surface area contributed by atoms with Gasteiger partial charge in [0, 0.05) is 13.1 Å². The maximum atomic E-state index is 13.4. The molecule has 8 heteroatoms. The standard InChI is InChI=1S/C28H31N3O5/c1-19-23(20(2)36-29-19)18-34-22-12-10-21(11-13-22)16-27(32)31-17-26(28(33)30-14-6-3-7-15-30)35-25-9-5-4-8-24(25)31/h4-5,8-13,26H,3,6-7,14-18H2,1-2H3/t26-/m1/s1. The average Bonchev–Trinajstić information content (AvgIpc) is 3.24. The number of piperidine rings is 1. The van der Waals surface area contributed by atoms with Crippen molar-refractivity contribution >= 4 is 17.5 Å². The normalized spacial score (nSPS) is 17.3. The van der Waals surface area contributed by atoms with Crippen LogP contribution in [0.2, 0.25) is 0 Å². The Kier molecular flexibility index (Phi) is 6.93. The summed E-state index contributed by atoms with van der Waals surface area (Å²) in [4.78, 5) is 30.1. The zero-order chi connectivity index (χ0) is 25.1. The van der Waals surface area contributed by atoms with Crippen molar-refractivity contribution in [2.24, 2.45) is 0 Å². The maximum Gasteiger partial charge on any atom is 0.265 e. The van der Waals surface area contributed by atoms with Gasteiger partial charge in [0.2, 0.25) is 5.91 Å². The molecule has 2 amide bonds. The lowest BCUT2D eigenvalue weighted by molar-refractivity contribution is -0.139. The van der Waals surface area contributed by atoms with Crippen molar-refractivity contribution < 1.29 is 23.6 Å². The first kappa shape index (κ1) is 23.9. The van der Waals surface area contributed by atoms with Gasteiger partial charge in [0.25, 0.3) is 5.91 Å². The van der Waals surface area contributed by atoms with Gasteiger partial charge in [-0.3, -0.25) is 9.59 Å². The number of carbonyl (C=O) groups excluding carboxylic acids is 2. The van der Waals surface area contributed by atoms with E-state index >= 15 is 0 Å². The third kappa shape index (κ3) is 5.08. The predicted octanol–water partition coefficient (Wildman–Crippen LogP) is 4.22. The molecule has 3 aromatic rings. The number of amides is 2. The summed E-state index contributed by atoms with van der Waals surface area (Å²) in [6.07, 6.45) is 2.68. The van der Waals surface area contributed by atoms with Gasteiger partial charge in [0.05, 0.1) is 29.9 Å². The molecule has 2 aliphatic rings. The fourth-order valence-corrected chi connectivity index (χ4v) is 4.75. The lowest BCUT2D eigenvalue weighted by Crippen LogP contribution is -2.53. The van der Waals surface area contributed by atoms with Crippen LogP contribution < -0.4 is 14.4 Å². The van der Waals surface area contributed by atoms with Gasteiger partial charge >= 0.3 is 0 Å². The van der Waals surface area contributed by atoms with E-state index in [0.29, 0.717) is 23.8 Å². The van der Waals surface area contributed by atoms with Crippen LogP contribution >= 0.6 is 0 Å². The number of fused-ring (bicyclic) bond motifs is 1. The number of carbonyl (C=O) groups is 2. The molecule has 3 heterocycles. The van der Waals surface area contributed by atoms with Gasteiger partial charge in [-0.2, -0.15) is 0 Å². The topological polar surface area (TPSA) is 85.1 Å². The number of hydrogen-bond acceptors (Lipinski definition) is 6. The first-order valence-electron chi connectivity index (χ1n) is 12.5. The van der Waals surface area contributed by atoms with Crippen LogP contribution in [-0.2, 0) is 22.6 Å². The summed E-state index contributed by atoms with van der Waals surface area (Å²) in [6, 6.07) is 14.9. The average molecular weight is 490 g/mol. The highest BCUT2D eigenvalue weighted by atomic mass is 16.5. The maximum absolute atomic E-state index is 13.4. The molecule has 188 valence electrons. The summed E-state index contributed by atoms with van der Waals surface area (Å²) < 4.78 is 17.1. The highest BCUT2D eigenvalue weighted by molar-refractivity contribution is 5.98. The van der Waals surface area contributed by atoms with Gasteiger partial charge in [-0.05, 0) is 62.9 Å². The van der Waals surface area contributed by atoms with Crippen LogP contribution in [0.15, 0.2) is 53.1 Å². The molecule has 1 saturated heterocycles. The number of benzene rings is 2. The molecule has 0 spiro atoms. The van der Waals surface area contributed by atoms with Crippen molar-refractivity contribution in [2.45, 2.75) is 52.2 Å². The molecule has 0 N–H and O–H groups in total. The minimum Gasteiger partial charge on any atom is -0.489 e. The van der Waals surface area contributed by atoms with Crippen molar-refractivity contribution in [2.75, 3.05) is 24.5 Å². The Balaban J connectivity index is 1.26. The third-order valence-electron chi connectivity index (χ3n) is 6.86. The van der Waals surface area contributed by atoms with Gasteiger partial charge in [0.1, 0.15) is 23.9 Å². The smallest absolute Gasteiger partial charge is 0.265 e. The van der Waals surface area contributed by atoms with E-state index in [9.17, 15) is 9.59 Å². The minimum atomic E-state index is -0.693. The van der Waals surface area contributed by atoms with Gasteiger partial charge in [0.15, 0.2) is 6.10 Å². The molecular formula is C28H31N3O5. The molecular weight excluding hydrogens is 458 g/mol. The van der Waals surface area contributed by atoms with Crippen molar-refractivity contribution in [1.82, 2.24) is 10.1 Å². The van der Waals surface area contributed by atoms with Crippen LogP contribution in [0.1, 0.15) is 41.8 Å². The second-order valence-corrected chi connectivity index (χ2v) is 9.38. The Morgan fingerprint density at radius 2 is 1.78 bits per heavy atom. The number of nitrogens with zero attached hydrogens (tertiary/aromatic N) is 3. The van der Waals surface area contributed by atoms with E-state index in [-0.39, 0.29) is 24.8 Å². The lowest BCUT2D eigenvalue weighted by Gasteiger charge is -2.37. The molecule has 1 aromatic heterocycles. The number of aromatic nitrogens is 1. The summed E-state index contributed by atoms with van der Waals surface area (Å²) in [7, 11) is 0. The molecule has 1 atom stereocenters. The van der Waals surface area contributed by atoms with E-state index in [1.54, 1.807) is 4.90 Å². The van der Waals surface area contributed by atoms with Gasteiger partial charge in [-0.1, -0.05) is 29.4 Å². The highest BCUT2D eigenvalue weighted by Crippen LogP contribution is 2.34. The van der Waals surface area contributed by atoms with Crippen LogP contribution in [0.5, 0.6) is 11.5 Å². The summed E-state index contributed by atoms with van der Waals surface area (Å²) in [6.45, 7) is 5.83. The Bertz CT molecular complexity index is 1210. The summed E-state index contributed by atoms with van der Waals surface area (Å²) in [5.74, 6) is 1.90. The number of likely N-dealkylation sites (tertiary alicyclic amines) is 1. The van der Waals surface area contributed by atoms with E-state index < -0.39 is 6.10 Å². The number of hydrogen-bond donors (Lipinski definition) is 0. The fourth-order valence-electron chi connectivity index (χ4n) is 4.75. The monoisotopic (exact) mass is 489 g/mol. The fraction of sp³-hybridized carbons (Fsp3) is 0.393. The Labute approximate surface area is 210 Å². The van der Waals surface area contributed by atoms with Gasteiger partial charge < -0.3 is 23.8 Å². The van der Waals surface area contributed by atoms with Crippen LogP contribution in [0.4, 0.5) is 5.69 Å². The van der Waals surface area contributed by atoms with Crippen LogP contribution in [0, 0.1) is 13.8 Å². The number of ether oxygens (including phenoxy) is 2. The zero-order valence-electron chi connectivity index (χ0n) is 20.7. The summed E-state index contributed by atoms with van der Waals surface area (Å²) in [5.41, 5.74) is 3.32. The molecule has 0 bridgehead atoms. The molecule has 2 aromatic carbocycles.